The van der Waals surface area contributed by atoms with Crippen LogP contribution in [-0.2, 0) is 12.0 Å². The Hall–Kier alpha value is -2.76. The van der Waals surface area contributed by atoms with Crippen LogP contribution in [0.4, 0.5) is 0 Å². The molecule has 1 amide bonds. The Balaban J connectivity index is 1.45. The Kier molecular flexibility index (Phi) is 4.87. The molecule has 1 aromatic carbocycles. The summed E-state index contributed by atoms with van der Waals surface area (Å²) < 4.78 is 1.92. The van der Waals surface area contributed by atoms with Crippen LogP contribution in [0.3, 0.4) is 0 Å². The minimum Gasteiger partial charge on any atom is -0.337 e. The number of hydrogen-bond donors (Lipinski definition) is 0. The number of piperidine rings is 1. The maximum absolute atomic E-state index is 13.0. The maximum Gasteiger partial charge on any atom is 0.272 e. The van der Waals surface area contributed by atoms with Crippen molar-refractivity contribution in [1.29, 1.82) is 0 Å². The highest BCUT2D eigenvalue weighted by Gasteiger charge is 2.26. The molecule has 1 aliphatic heterocycles. The lowest BCUT2D eigenvalue weighted by atomic mass is 9.93. The first-order valence-electron chi connectivity index (χ1n) is 9.95. The quantitative estimate of drug-likeness (QED) is 0.698. The molecule has 0 unspecified atom stereocenters. The van der Waals surface area contributed by atoms with Crippen molar-refractivity contribution in [3.05, 3.63) is 54.1 Å². The van der Waals surface area contributed by atoms with E-state index in [2.05, 4.69) is 36.1 Å². The second kappa shape index (κ2) is 7.34. The fourth-order valence-corrected chi connectivity index (χ4v) is 3.76. The molecule has 0 N–H and O–H groups in total. The Labute approximate surface area is 165 Å². The maximum atomic E-state index is 13.0. The molecule has 1 saturated heterocycles. The average molecular weight is 377 g/mol. The highest BCUT2D eigenvalue weighted by Crippen LogP contribution is 2.23. The van der Waals surface area contributed by atoms with Crippen molar-refractivity contribution in [3.8, 4) is 0 Å². The number of likely N-dealkylation sites (tertiary alicyclic amines) is 1. The molecule has 0 saturated carbocycles. The van der Waals surface area contributed by atoms with Gasteiger partial charge < -0.3 is 4.90 Å². The molecule has 6 heteroatoms. The minimum absolute atomic E-state index is 0.00539. The van der Waals surface area contributed by atoms with E-state index in [9.17, 15) is 4.79 Å². The van der Waals surface area contributed by atoms with Gasteiger partial charge in [0.05, 0.1) is 5.69 Å². The summed E-state index contributed by atoms with van der Waals surface area (Å²) in [7, 11) is 0. The second-order valence-electron chi connectivity index (χ2n) is 8.75. The molecule has 6 nitrogen and oxygen atoms in total. The highest BCUT2D eigenvalue weighted by atomic mass is 16.2. The number of carbonyl (C=O) groups is 1. The van der Waals surface area contributed by atoms with Gasteiger partial charge in [0, 0.05) is 42.8 Å². The van der Waals surface area contributed by atoms with E-state index in [-0.39, 0.29) is 11.3 Å². The largest absolute Gasteiger partial charge is 0.337 e. The van der Waals surface area contributed by atoms with Crippen molar-refractivity contribution >= 4 is 16.7 Å². The Morgan fingerprint density at radius 2 is 2.00 bits per heavy atom. The smallest absolute Gasteiger partial charge is 0.272 e. The molecule has 0 spiro atoms. The van der Waals surface area contributed by atoms with E-state index in [1.54, 1.807) is 6.20 Å². The number of pyridine rings is 1. The molecule has 0 aliphatic carbocycles. The minimum atomic E-state index is -0.00539. The van der Waals surface area contributed by atoms with Gasteiger partial charge in [0.1, 0.15) is 5.69 Å². The summed E-state index contributed by atoms with van der Waals surface area (Å²) in [5, 5.41) is 10.7. The molecule has 1 atom stereocenters. The number of carbonyl (C=O) groups excluding carboxylic acids is 1. The third kappa shape index (κ3) is 3.91. The topological polar surface area (TPSA) is 63.9 Å². The predicted molar refractivity (Wildman–Crippen MR) is 109 cm³/mol. The molecular weight excluding hydrogens is 350 g/mol. The standard InChI is InChI=1S/C22H27N5O/c1-22(2,3)20-15-27(25-24-20)14-16-7-6-10-26(13-16)21(28)19-11-17-8-4-5-9-18(17)12-23-19/h4-5,8-9,11-12,15-16H,6-7,10,13-14H2,1-3H3/t16-/m1/s1. The molecule has 0 bridgehead atoms. The van der Waals surface area contributed by atoms with E-state index in [0.29, 0.717) is 11.6 Å². The SMILES string of the molecule is CC(C)(C)c1cn(C[C@@H]2CCCN(C(=O)c3cc4ccccc4cn3)C2)nn1. The summed E-state index contributed by atoms with van der Waals surface area (Å²) in [6.07, 6.45) is 5.92. The molecule has 2 aromatic heterocycles. The normalized spacial score (nSPS) is 17.8. The zero-order valence-corrected chi connectivity index (χ0v) is 16.8. The van der Waals surface area contributed by atoms with Gasteiger partial charge in [-0.3, -0.25) is 14.5 Å². The number of nitrogens with zero attached hydrogens (tertiary/aromatic N) is 5. The Bertz CT molecular complexity index is 988. The third-order valence-corrected chi connectivity index (χ3v) is 5.41. The molecule has 28 heavy (non-hydrogen) atoms. The summed E-state index contributed by atoms with van der Waals surface area (Å²) in [6.45, 7) is 8.72. The van der Waals surface area contributed by atoms with Crippen molar-refractivity contribution in [1.82, 2.24) is 24.9 Å². The number of benzene rings is 1. The van der Waals surface area contributed by atoms with Crippen LogP contribution in [0.5, 0.6) is 0 Å². The molecule has 4 rings (SSSR count). The average Bonchev–Trinajstić information content (AvgIpc) is 3.16. The lowest BCUT2D eigenvalue weighted by molar-refractivity contribution is 0.0653. The molecule has 146 valence electrons. The van der Waals surface area contributed by atoms with Crippen molar-refractivity contribution in [2.75, 3.05) is 13.1 Å². The van der Waals surface area contributed by atoms with E-state index in [4.69, 9.17) is 0 Å². The van der Waals surface area contributed by atoms with Crippen molar-refractivity contribution in [3.63, 3.8) is 0 Å². The van der Waals surface area contributed by atoms with Gasteiger partial charge in [0.25, 0.3) is 5.91 Å². The number of amides is 1. The number of aromatic nitrogens is 4. The molecule has 0 radical (unpaired) electrons. The van der Waals surface area contributed by atoms with Gasteiger partial charge in [-0.05, 0) is 30.2 Å². The van der Waals surface area contributed by atoms with Gasteiger partial charge >= 0.3 is 0 Å². The van der Waals surface area contributed by atoms with Gasteiger partial charge in [0.15, 0.2) is 0 Å². The summed E-state index contributed by atoms with van der Waals surface area (Å²) in [5.41, 5.74) is 1.51. The van der Waals surface area contributed by atoms with Crippen molar-refractivity contribution < 1.29 is 4.79 Å². The number of rotatable bonds is 3. The predicted octanol–water partition coefficient (Wildman–Crippen LogP) is 3.68. The third-order valence-electron chi connectivity index (χ3n) is 5.41. The fourth-order valence-electron chi connectivity index (χ4n) is 3.76. The van der Waals surface area contributed by atoms with E-state index in [1.807, 2.05) is 46.1 Å². The van der Waals surface area contributed by atoms with Crippen LogP contribution in [0.1, 0.15) is 49.8 Å². The zero-order chi connectivity index (χ0) is 19.7. The summed E-state index contributed by atoms with van der Waals surface area (Å²) in [4.78, 5) is 19.3. The van der Waals surface area contributed by atoms with Gasteiger partial charge in [0.2, 0.25) is 0 Å². The van der Waals surface area contributed by atoms with E-state index >= 15 is 0 Å². The summed E-state index contributed by atoms with van der Waals surface area (Å²) >= 11 is 0. The van der Waals surface area contributed by atoms with Gasteiger partial charge in [-0.2, -0.15) is 0 Å². The highest BCUT2D eigenvalue weighted by molar-refractivity contribution is 5.96. The van der Waals surface area contributed by atoms with Crippen LogP contribution in [-0.4, -0.2) is 43.9 Å². The summed E-state index contributed by atoms with van der Waals surface area (Å²) in [6, 6.07) is 9.89. The van der Waals surface area contributed by atoms with Crippen LogP contribution < -0.4 is 0 Å². The van der Waals surface area contributed by atoms with Crippen molar-refractivity contribution in [2.45, 2.75) is 45.6 Å². The van der Waals surface area contributed by atoms with Crippen LogP contribution in [0.25, 0.3) is 10.8 Å². The lowest BCUT2D eigenvalue weighted by Crippen LogP contribution is -2.41. The van der Waals surface area contributed by atoms with Crippen molar-refractivity contribution in [2.24, 2.45) is 5.92 Å². The molecular formula is C22H27N5O. The lowest BCUT2D eigenvalue weighted by Gasteiger charge is -2.32. The zero-order valence-electron chi connectivity index (χ0n) is 16.8. The second-order valence-corrected chi connectivity index (χ2v) is 8.75. The van der Waals surface area contributed by atoms with E-state index < -0.39 is 0 Å². The monoisotopic (exact) mass is 377 g/mol. The first-order chi connectivity index (χ1) is 13.4. The van der Waals surface area contributed by atoms with Crippen LogP contribution in [0.15, 0.2) is 42.7 Å². The van der Waals surface area contributed by atoms with E-state index in [1.165, 1.54) is 0 Å². The first kappa shape index (κ1) is 18.6. The molecule has 1 fully saturated rings. The molecule has 3 aromatic rings. The van der Waals surface area contributed by atoms with E-state index in [0.717, 1.165) is 48.9 Å². The molecule has 1 aliphatic rings. The Morgan fingerprint density at radius 3 is 2.75 bits per heavy atom. The Morgan fingerprint density at radius 1 is 1.21 bits per heavy atom. The first-order valence-corrected chi connectivity index (χ1v) is 9.95. The summed E-state index contributed by atoms with van der Waals surface area (Å²) in [5.74, 6) is 0.400. The van der Waals surface area contributed by atoms with Gasteiger partial charge in [-0.15, -0.1) is 5.10 Å². The number of hydrogen-bond acceptors (Lipinski definition) is 4. The van der Waals surface area contributed by atoms with Crippen LogP contribution >= 0.6 is 0 Å². The van der Waals surface area contributed by atoms with Gasteiger partial charge in [-0.25, -0.2) is 0 Å². The molecule has 3 heterocycles. The van der Waals surface area contributed by atoms with Gasteiger partial charge in [-0.1, -0.05) is 50.3 Å². The van der Waals surface area contributed by atoms with Crippen LogP contribution in [0, 0.1) is 5.92 Å². The number of fused-ring (bicyclic) bond motifs is 1. The fraction of sp³-hybridized carbons (Fsp3) is 0.455. The van der Waals surface area contributed by atoms with Crippen LogP contribution in [0.2, 0.25) is 0 Å².